The van der Waals surface area contributed by atoms with Gasteiger partial charge in [-0.15, -0.1) is 0 Å². The van der Waals surface area contributed by atoms with Crippen LogP contribution in [0.15, 0.2) is 42.5 Å². The summed E-state index contributed by atoms with van der Waals surface area (Å²) in [5.41, 5.74) is -0.134. The van der Waals surface area contributed by atoms with Crippen LogP contribution in [0.5, 0.6) is 11.5 Å². The first-order valence-electron chi connectivity index (χ1n) is 8.16. The van der Waals surface area contributed by atoms with Crippen molar-refractivity contribution in [2.45, 2.75) is 12.3 Å². The van der Waals surface area contributed by atoms with Crippen LogP contribution in [0.25, 0.3) is 6.08 Å². The molecule has 0 fully saturated rings. The first kappa shape index (κ1) is 20.0. The molecule has 1 atom stereocenters. The monoisotopic (exact) mass is 413 g/mol. The first-order chi connectivity index (χ1) is 13.3. The minimum absolute atomic E-state index is 0.170. The summed E-state index contributed by atoms with van der Waals surface area (Å²) in [6.07, 6.45) is -2.44. The van der Waals surface area contributed by atoms with Crippen LogP contribution in [0.4, 0.5) is 18.9 Å². The molecule has 0 aliphatic carbocycles. The zero-order valence-corrected chi connectivity index (χ0v) is 15.1. The van der Waals surface area contributed by atoms with Crippen LogP contribution in [0.3, 0.4) is 0 Å². The molecular formula is C19H15ClF3NO4. The second-order valence-corrected chi connectivity index (χ2v) is 6.36. The second kappa shape index (κ2) is 8.12. The summed E-state index contributed by atoms with van der Waals surface area (Å²) in [6, 6.07) is 7.99. The van der Waals surface area contributed by atoms with Crippen molar-refractivity contribution in [2.75, 3.05) is 18.5 Å². The molecule has 0 saturated carbocycles. The van der Waals surface area contributed by atoms with Crippen LogP contribution in [0.1, 0.15) is 11.1 Å². The average molecular weight is 414 g/mol. The third kappa shape index (κ3) is 4.76. The zero-order chi connectivity index (χ0) is 20.3. The predicted octanol–water partition coefficient (Wildman–Crippen LogP) is 4.14. The van der Waals surface area contributed by atoms with E-state index in [1.165, 1.54) is 18.2 Å². The maximum Gasteiger partial charge on any atom is 0.417 e. The average Bonchev–Trinajstić information content (AvgIpc) is 2.65. The number of halogens is 4. The fourth-order valence-corrected chi connectivity index (χ4v) is 2.80. The number of benzene rings is 2. The quantitative estimate of drug-likeness (QED) is 0.739. The van der Waals surface area contributed by atoms with Gasteiger partial charge in [-0.1, -0.05) is 17.7 Å². The summed E-state index contributed by atoms with van der Waals surface area (Å²) >= 11 is 5.65. The summed E-state index contributed by atoms with van der Waals surface area (Å²) < 4.78 is 49.1. The Morgan fingerprint density at radius 2 is 2.04 bits per heavy atom. The van der Waals surface area contributed by atoms with Gasteiger partial charge in [0.25, 0.3) is 0 Å². The molecule has 1 aliphatic heterocycles. The number of carbonyl (C=O) groups is 1. The molecule has 3 rings (SSSR count). The topological polar surface area (TPSA) is 67.8 Å². The van der Waals surface area contributed by atoms with E-state index in [9.17, 15) is 18.0 Å². The van der Waals surface area contributed by atoms with E-state index in [4.69, 9.17) is 26.2 Å². The maximum absolute atomic E-state index is 12.7. The van der Waals surface area contributed by atoms with Gasteiger partial charge < -0.3 is 19.9 Å². The molecule has 9 heteroatoms. The van der Waals surface area contributed by atoms with E-state index in [0.717, 1.165) is 12.1 Å². The molecule has 0 bridgehead atoms. The van der Waals surface area contributed by atoms with Crippen LogP contribution in [0.2, 0.25) is 5.02 Å². The summed E-state index contributed by atoms with van der Waals surface area (Å²) in [5, 5.41) is 11.3. The summed E-state index contributed by atoms with van der Waals surface area (Å²) in [7, 11) is 0. The van der Waals surface area contributed by atoms with Crippen molar-refractivity contribution >= 4 is 29.3 Å². The summed E-state index contributed by atoms with van der Waals surface area (Å²) in [5.74, 6) is 0.403. The third-order valence-corrected chi connectivity index (χ3v) is 4.17. The molecule has 2 aromatic rings. The highest BCUT2D eigenvalue weighted by Crippen LogP contribution is 2.35. The van der Waals surface area contributed by atoms with E-state index in [2.05, 4.69) is 5.32 Å². The van der Waals surface area contributed by atoms with Crippen molar-refractivity contribution in [1.82, 2.24) is 0 Å². The fourth-order valence-electron chi connectivity index (χ4n) is 2.50. The van der Waals surface area contributed by atoms with Gasteiger partial charge in [-0.2, -0.15) is 13.2 Å². The van der Waals surface area contributed by atoms with E-state index < -0.39 is 28.8 Å². The van der Waals surface area contributed by atoms with Gasteiger partial charge in [0, 0.05) is 17.8 Å². The Morgan fingerprint density at radius 3 is 2.71 bits per heavy atom. The van der Waals surface area contributed by atoms with E-state index in [-0.39, 0.29) is 13.2 Å². The molecule has 1 amide bonds. The molecule has 2 N–H and O–H groups in total. The number of fused-ring (bicyclic) bond motifs is 1. The Morgan fingerprint density at radius 1 is 1.25 bits per heavy atom. The van der Waals surface area contributed by atoms with Crippen LogP contribution in [-0.4, -0.2) is 30.3 Å². The molecule has 0 unspecified atom stereocenters. The van der Waals surface area contributed by atoms with Crippen LogP contribution in [0, 0.1) is 0 Å². The number of amides is 1. The number of rotatable bonds is 4. The second-order valence-electron chi connectivity index (χ2n) is 5.95. The summed E-state index contributed by atoms with van der Waals surface area (Å²) in [6.45, 7) is 0.0200. The minimum Gasteiger partial charge on any atom is -0.486 e. The molecule has 2 aromatic carbocycles. The number of hydrogen-bond donors (Lipinski definition) is 2. The van der Waals surface area contributed by atoms with Crippen LogP contribution < -0.4 is 14.8 Å². The third-order valence-electron chi connectivity index (χ3n) is 3.86. The van der Waals surface area contributed by atoms with Gasteiger partial charge in [-0.05, 0) is 35.9 Å². The van der Waals surface area contributed by atoms with Gasteiger partial charge in [-0.25, -0.2) is 0 Å². The van der Waals surface area contributed by atoms with Crippen LogP contribution >= 0.6 is 11.6 Å². The normalized spacial score (nSPS) is 16.2. The SMILES string of the molecule is O=C(C=Cc1ccc(C(F)(F)F)c(Cl)c1)Nc1ccc2c(c1)OC[C@@H](CO)O2. The van der Waals surface area contributed by atoms with E-state index >= 15 is 0 Å². The molecule has 148 valence electrons. The van der Waals surface area contributed by atoms with Crippen molar-refractivity contribution in [2.24, 2.45) is 0 Å². The van der Waals surface area contributed by atoms with Crippen molar-refractivity contribution < 1.29 is 32.5 Å². The number of anilines is 1. The van der Waals surface area contributed by atoms with Crippen molar-refractivity contribution in [3.63, 3.8) is 0 Å². The number of hydrogen-bond acceptors (Lipinski definition) is 4. The molecule has 1 aliphatic rings. The molecule has 0 saturated heterocycles. The fraction of sp³-hybridized carbons (Fsp3) is 0.211. The number of ether oxygens (including phenoxy) is 2. The number of carbonyl (C=O) groups excluding carboxylic acids is 1. The van der Waals surface area contributed by atoms with Gasteiger partial charge in [0.2, 0.25) is 5.91 Å². The van der Waals surface area contributed by atoms with Gasteiger partial charge in [0.15, 0.2) is 17.6 Å². The molecule has 0 radical (unpaired) electrons. The molecule has 1 heterocycles. The van der Waals surface area contributed by atoms with Gasteiger partial charge in [-0.3, -0.25) is 4.79 Å². The molecule has 0 spiro atoms. The predicted molar refractivity (Wildman–Crippen MR) is 97.6 cm³/mol. The van der Waals surface area contributed by atoms with Crippen molar-refractivity contribution in [3.05, 3.63) is 58.6 Å². The first-order valence-corrected chi connectivity index (χ1v) is 8.54. The Kier molecular flexibility index (Phi) is 5.81. The minimum atomic E-state index is -4.54. The van der Waals surface area contributed by atoms with Crippen molar-refractivity contribution in [3.8, 4) is 11.5 Å². The Hall–Kier alpha value is -2.71. The lowest BCUT2D eigenvalue weighted by molar-refractivity contribution is -0.137. The highest BCUT2D eigenvalue weighted by atomic mass is 35.5. The Bertz CT molecular complexity index is 915. The van der Waals surface area contributed by atoms with Gasteiger partial charge in [0.05, 0.1) is 17.2 Å². The molecular weight excluding hydrogens is 399 g/mol. The van der Waals surface area contributed by atoms with E-state index in [0.29, 0.717) is 22.7 Å². The maximum atomic E-state index is 12.7. The highest BCUT2D eigenvalue weighted by molar-refractivity contribution is 6.31. The lowest BCUT2D eigenvalue weighted by Gasteiger charge is -2.25. The number of aliphatic hydroxyl groups excluding tert-OH is 1. The largest absolute Gasteiger partial charge is 0.486 e. The Labute approximate surface area is 163 Å². The lowest BCUT2D eigenvalue weighted by Crippen LogP contribution is -2.32. The number of nitrogens with one attached hydrogen (secondary N) is 1. The Balaban J connectivity index is 1.65. The van der Waals surface area contributed by atoms with Gasteiger partial charge >= 0.3 is 6.18 Å². The van der Waals surface area contributed by atoms with E-state index in [1.54, 1.807) is 18.2 Å². The lowest BCUT2D eigenvalue weighted by atomic mass is 10.1. The number of aliphatic hydroxyl groups is 1. The molecule has 0 aromatic heterocycles. The smallest absolute Gasteiger partial charge is 0.417 e. The zero-order valence-electron chi connectivity index (χ0n) is 14.3. The molecule has 5 nitrogen and oxygen atoms in total. The van der Waals surface area contributed by atoms with Crippen molar-refractivity contribution in [1.29, 1.82) is 0 Å². The number of alkyl halides is 3. The van der Waals surface area contributed by atoms with Gasteiger partial charge in [0.1, 0.15) is 6.61 Å². The highest BCUT2D eigenvalue weighted by Gasteiger charge is 2.32. The summed E-state index contributed by atoms with van der Waals surface area (Å²) in [4.78, 5) is 12.0. The standard InChI is InChI=1S/C19H15ClF3NO4/c20-15-7-11(1-4-14(15)19(21,22)23)2-6-18(26)24-12-3-5-16-17(8-12)27-10-13(9-25)28-16/h1-8,13,25H,9-10H2,(H,24,26)/t13-/m1/s1. The molecule has 28 heavy (non-hydrogen) atoms. The van der Waals surface area contributed by atoms with Crippen LogP contribution in [-0.2, 0) is 11.0 Å². The van der Waals surface area contributed by atoms with E-state index in [1.807, 2.05) is 0 Å².